The molecule has 0 aromatic heterocycles. The van der Waals surface area contributed by atoms with Gasteiger partial charge >= 0.3 is 5.97 Å². The number of rotatable bonds is 10. The van der Waals surface area contributed by atoms with Gasteiger partial charge in [-0.25, -0.2) is 4.79 Å². The molecule has 8 heteroatoms. The molecule has 0 bridgehead atoms. The molecule has 0 spiro atoms. The molecule has 8 nitrogen and oxygen atoms in total. The molecule has 2 aliphatic heterocycles. The second-order valence-corrected chi connectivity index (χ2v) is 10.7. The second-order valence-electron chi connectivity index (χ2n) is 10.7. The molecule has 0 unspecified atom stereocenters. The first-order valence-electron chi connectivity index (χ1n) is 12.9. The fourth-order valence-electron chi connectivity index (χ4n) is 4.97. The molecule has 2 N–H and O–H groups in total. The molecule has 1 aromatic rings. The molecule has 0 saturated carbocycles. The molecule has 2 aliphatic rings. The fraction of sp³-hybridized carbons (Fsp3) is 0.667. The highest BCUT2D eigenvalue weighted by molar-refractivity contribution is 5.90. The number of aromatic carboxylic acids is 1. The lowest BCUT2D eigenvalue weighted by Crippen LogP contribution is -2.62. The van der Waals surface area contributed by atoms with Gasteiger partial charge in [-0.15, -0.1) is 0 Å². The highest BCUT2D eigenvalue weighted by Crippen LogP contribution is 2.24. The summed E-state index contributed by atoms with van der Waals surface area (Å²) in [6.45, 7) is 11.6. The zero-order valence-corrected chi connectivity index (χ0v) is 21.5. The van der Waals surface area contributed by atoms with Crippen LogP contribution in [-0.2, 0) is 9.59 Å². The molecule has 2 amide bonds. The summed E-state index contributed by atoms with van der Waals surface area (Å²) in [4.78, 5) is 41.6. The zero-order chi connectivity index (χ0) is 25.5. The fourth-order valence-corrected chi connectivity index (χ4v) is 4.97. The Hall–Kier alpha value is -2.61. The van der Waals surface area contributed by atoms with Crippen molar-refractivity contribution in [2.45, 2.75) is 65.5 Å². The van der Waals surface area contributed by atoms with Crippen molar-refractivity contribution in [1.82, 2.24) is 15.1 Å². The average molecular weight is 488 g/mol. The maximum Gasteiger partial charge on any atom is 0.335 e. The minimum atomic E-state index is -0.956. The number of benzene rings is 1. The highest BCUT2D eigenvalue weighted by Gasteiger charge is 2.39. The number of nitrogens with zero attached hydrogens (tertiary/aromatic N) is 2. The molecule has 35 heavy (non-hydrogen) atoms. The van der Waals surface area contributed by atoms with E-state index in [2.05, 4.69) is 33.0 Å². The van der Waals surface area contributed by atoms with E-state index in [0.29, 0.717) is 56.2 Å². The number of nitrogens with one attached hydrogen (secondary N) is 1. The van der Waals surface area contributed by atoms with Crippen molar-refractivity contribution in [3.63, 3.8) is 0 Å². The number of piperidine rings is 1. The van der Waals surface area contributed by atoms with Crippen LogP contribution in [-0.4, -0.2) is 77.6 Å². The van der Waals surface area contributed by atoms with E-state index in [0.717, 1.165) is 25.8 Å². The van der Waals surface area contributed by atoms with Crippen LogP contribution in [0.2, 0.25) is 0 Å². The third kappa shape index (κ3) is 7.43. The van der Waals surface area contributed by atoms with Crippen molar-refractivity contribution in [1.29, 1.82) is 0 Å². The zero-order valence-electron chi connectivity index (χ0n) is 21.5. The Bertz CT molecular complexity index is 862. The van der Waals surface area contributed by atoms with E-state index in [1.54, 1.807) is 12.1 Å². The normalized spacial score (nSPS) is 20.4. The van der Waals surface area contributed by atoms with Gasteiger partial charge < -0.3 is 25.0 Å². The van der Waals surface area contributed by atoms with Crippen molar-refractivity contribution >= 4 is 17.8 Å². The van der Waals surface area contributed by atoms with Crippen LogP contribution in [0, 0.1) is 17.8 Å². The average Bonchev–Trinajstić information content (AvgIpc) is 2.82. The van der Waals surface area contributed by atoms with Crippen molar-refractivity contribution in [3.05, 3.63) is 29.8 Å². The van der Waals surface area contributed by atoms with E-state index < -0.39 is 12.0 Å². The van der Waals surface area contributed by atoms with Gasteiger partial charge in [0, 0.05) is 26.2 Å². The monoisotopic (exact) mass is 487 g/mol. The van der Waals surface area contributed by atoms with E-state index in [9.17, 15) is 14.4 Å². The quantitative estimate of drug-likeness (QED) is 0.526. The first-order chi connectivity index (χ1) is 16.7. The Morgan fingerprint density at radius 3 is 2.29 bits per heavy atom. The lowest BCUT2D eigenvalue weighted by molar-refractivity contribution is -0.150. The van der Waals surface area contributed by atoms with Crippen molar-refractivity contribution in [2.24, 2.45) is 17.8 Å². The number of carboxylic acids is 1. The smallest absolute Gasteiger partial charge is 0.335 e. The van der Waals surface area contributed by atoms with Gasteiger partial charge in [0.1, 0.15) is 11.8 Å². The molecule has 0 radical (unpaired) electrons. The van der Waals surface area contributed by atoms with E-state index in [-0.39, 0.29) is 23.4 Å². The molecule has 2 atom stereocenters. The van der Waals surface area contributed by atoms with Gasteiger partial charge in [0.2, 0.25) is 11.8 Å². The predicted octanol–water partition coefficient (Wildman–Crippen LogP) is 3.26. The molecule has 0 aliphatic carbocycles. The molecular formula is C27H41N3O5. The number of ether oxygens (including phenoxy) is 1. The lowest BCUT2D eigenvalue weighted by Gasteiger charge is -2.42. The maximum atomic E-state index is 13.6. The van der Waals surface area contributed by atoms with Gasteiger partial charge in [0.05, 0.1) is 18.2 Å². The van der Waals surface area contributed by atoms with Crippen LogP contribution in [0.5, 0.6) is 5.75 Å². The number of carbonyl (C=O) groups excluding carboxylic acids is 2. The minimum absolute atomic E-state index is 0.0566. The van der Waals surface area contributed by atoms with Crippen molar-refractivity contribution in [2.75, 3.05) is 32.8 Å². The van der Waals surface area contributed by atoms with Crippen LogP contribution in [0.1, 0.15) is 63.7 Å². The minimum Gasteiger partial charge on any atom is -0.493 e. The predicted molar refractivity (Wildman–Crippen MR) is 134 cm³/mol. The summed E-state index contributed by atoms with van der Waals surface area (Å²) in [5.74, 6) is 0.877. The lowest BCUT2D eigenvalue weighted by atomic mass is 9.94. The SMILES string of the molecule is CC(C)C[C@@H]1NCCN([C@@H](CC(C)C)C(=O)N2CCC(COc3ccc(C(=O)O)cc3)CC2)C1=O. The highest BCUT2D eigenvalue weighted by atomic mass is 16.5. The largest absolute Gasteiger partial charge is 0.493 e. The molecular weight excluding hydrogens is 446 g/mol. The van der Waals surface area contributed by atoms with E-state index >= 15 is 0 Å². The maximum absolute atomic E-state index is 13.6. The molecule has 194 valence electrons. The molecule has 2 saturated heterocycles. The summed E-state index contributed by atoms with van der Waals surface area (Å²) in [6.07, 6.45) is 3.15. The van der Waals surface area contributed by atoms with Crippen LogP contribution in [0.15, 0.2) is 24.3 Å². The summed E-state index contributed by atoms with van der Waals surface area (Å²) in [7, 11) is 0. The third-order valence-corrected chi connectivity index (χ3v) is 6.90. The Morgan fingerprint density at radius 2 is 1.71 bits per heavy atom. The third-order valence-electron chi connectivity index (χ3n) is 6.90. The number of carbonyl (C=O) groups is 3. The first kappa shape index (κ1) is 27.0. The second kappa shape index (κ2) is 12.4. The molecule has 2 heterocycles. The Morgan fingerprint density at radius 1 is 1.06 bits per heavy atom. The number of piperazine rings is 1. The number of carboxylic acid groups (broad SMARTS) is 1. The molecule has 2 fully saturated rings. The van der Waals surface area contributed by atoms with Crippen LogP contribution in [0.25, 0.3) is 0 Å². The number of amides is 2. The number of hydrogen-bond acceptors (Lipinski definition) is 5. The number of likely N-dealkylation sites (tertiary alicyclic amines) is 1. The summed E-state index contributed by atoms with van der Waals surface area (Å²) < 4.78 is 5.87. The van der Waals surface area contributed by atoms with Gasteiger partial charge in [0.25, 0.3) is 0 Å². The van der Waals surface area contributed by atoms with Crippen LogP contribution < -0.4 is 10.1 Å². The summed E-state index contributed by atoms with van der Waals surface area (Å²) in [5.41, 5.74) is 0.235. The van der Waals surface area contributed by atoms with Gasteiger partial charge in [-0.05, 0) is 67.7 Å². The first-order valence-corrected chi connectivity index (χ1v) is 12.9. The van der Waals surface area contributed by atoms with Crippen LogP contribution in [0.4, 0.5) is 0 Å². The van der Waals surface area contributed by atoms with Crippen molar-refractivity contribution < 1.29 is 24.2 Å². The molecule has 3 rings (SSSR count). The number of hydrogen-bond donors (Lipinski definition) is 2. The van der Waals surface area contributed by atoms with Crippen molar-refractivity contribution in [3.8, 4) is 5.75 Å². The molecule has 1 aromatic carbocycles. The standard InChI is InChI=1S/C27H41N3O5/c1-18(2)15-23-25(31)30(14-11-28-23)24(16-19(3)4)26(32)29-12-9-20(10-13-29)17-35-22-7-5-21(6-8-22)27(33)34/h5-8,18-20,23-24,28H,9-17H2,1-4H3,(H,33,34)/t23-,24-/m0/s1. The topological polar surface area (TPSA) is 99.2 Å². The van der Waals surface area contributed by atoms with Gasteiger partial charge in [-0.3, -0.25) is 9.59 Å². The Balaban J connectivity index is 1.56. The van der Waals surface area contributed by atoms with E-state index in [1.807, 2.05) is 9.80 Å². The van der Waals surface area contributed by atoms with Gasteiger partial charge in [-0.1, -0.05) is 27.7 Å². The Labute approximate surface area is 209 Å². The van der Waals surface area contributed by atoms with Gasteiger partial charge in [-0.2, -0.15) is 0 Å². The van der Waals surface area contributed by atoms with E-state index in [1.165, 1.54) is 12.1 Å². The summed E-state index contributed by atoms with van der Waals surface area (Å²) in [5, 5.41) is 12.4. The van der Waals surface area contributed by atoms with E-state index in [4.69, 9.17) is 9.84 Å². The Kier molecular flexibility index (Phi) is 9.55. The van der Waals surface area contributed by atoms with Crippen LogP contribution >= 0.6 is 0 Å². The van der Waals surface area contributed by atoms with Crippen LogP contribution in [0.3, 0.4) is 0 Å². The summed E-state index contributed by atoms with van der Waals surface area (Å²) >= 11 is 0. The summed E-state index contributed by atoms with van der Waals surface area (Å²) in [6, 6.07) is 5.82. The van der Waals surface area contributed by atoms with Gasteiger partial charge in [0.15, 0.2) is 0 Å².